The van der Waals surface area contributed by atoms with Crippen molar-refractivity contribution in [3.63, 3.8) is 0 Å². The Hall–Kier alpha value is -4.18. The van der Waals surface area contributed by atoms with Gasteiger partial charge in [0.1, 0.15) is 11.8 Å². The molecule has 14 nitrogen and oxygen atoms in total. The van der Waals surface area contributed by atoms with Gasteiger partial charge in [0.05, 0.1) is 18.4 Å². The van der Waals surface area contributed by atoms with Crippen molar-refractivity contribution in [2.75, 3.05) is 23.3 Å². The molecule has 0 spiro atoms. The number of rotatable bonds is 17. The van der Waals surface area contributed by atoms with Gasteiger partial charge in [-0.05, 0) is 44.0 Å². The minimum atomic E-state index is -1.24. The van der Waals surface area contributed by atoms with E-state index in [9.17, 15) is 29.1 Å². The maximum absolute atomic E-state index is 12.7. The number of aromatic amines is 1. The molecule has 0 fully saturated rings. The number of nitrogens with zero attached hydrogens (tertiary/aromatic N) is 3. The Morgan fingerprint density at radius 2 is 1.84 bits per heavy atom. The van der Waals surface area contributed by atoms with Crippen LogP contribution in [0.5, 0.6) is 0 Å². The van der Waals surface area contributed by atoms with E-state index >= 15 is 0 Å². The van der Waals surface area contributed by atoms with E-state index in [4.69, 9.17) is 5.73 Å². The molecular weight excluding hydrogens is 596 g/mol. The molecule has 0 saturated carbocycles. The fourth-order valence-electron chi connectivity index (χ4n) is 3.70. The first-order valence-electron chi connectivity index (χ1n) is 13.4. The van der Waals surface area contributed by atoms with Crippen molar-refractivity contribution >= 4 is 68.0 Å². The Morgan fingerprint density at radius 3 is 2.53 bits per heavy atom. The lowest BCUT2D eigenvalue weighted by Gasteiger charge is -2.15. The molecule has 3 rings (SSSR count). The van der Waals surface area contributed by atoms with E-state index in [-0.39, 0.29) is 53.8 Å². The highest BCUT2D eigenvalue weighted by Gasteiger charge is 2.22. The molecular formula is C27H34N8O6S2. The molecule has 0 aliphatic heterocycles. The molecule has 2 heterocycles. The van der Waals surface area contributed by atoms with Gasteiger partial charge in [0.15, 0.2) is 11.2 Å². The van der Waals surface area contributed by atoms with Gasteiger partial charge < -0.3 is 31.6 Å². The van der Waals surface area contributed by atoms with Crippen LogP contribution < -0.4 is 27.2 Å². The maximum atomic E-state index is 12.7. The summed E-state index contributed by atoms with van der Waals surface area (Å²) in [6.45, 7) is 4.29. The van der Waals surface area contributed by atoms with E-state index in [1.165, 1.54) is 18.3 Å². The maximum Gasteiger partial charge on any atom is 0.326 e. The summed E-state index contributed by atoms with van der Waals surface area (Å²) in [5, 5.41) is 18.2. The molecule has 1 unspecified atom stereocenters. The summed E-state index contributed by atoms with van der Waals surface area (Å²) in [6, 6.07) is 5.11. The Balaban J connectivity index is 1.41. The third-order valence-electron chi connectivity index (χ3n) is 6.01. The number of aromatic nitrogens is 4. The summed E-state index contributed by atoms with van der Waals surface area (Å²) in [5.74, 6) is -1.33. The first kappa shape index (κ1) is 33.3. The van der Waals surface area contributed by atoms with E-state index in [2.05, 4.69) is 42.8 Å². The van der Waals surface area contributed by atoms with Gasteiger partial charge in [-0.15, -0.1) is 0 Å². The molecule has 0 bridgehead atoms. The van der Waals surface area contributed by atoms with Crippen molar-refractivity contribution in [3.8, 4) is 0 Å². The second-order valence-corrected chi connectivity index (χ2v) is 12.6. The summed E-state index contributed by atoms with van der Waals surface area (Å²) in [5.41, 5.74) is 6.59. The lowest BCUT2D eigenvalue weighted by atomic mass is 10.1. The van der Waals surface area contributed by atoms with Crippen molar-refractivity contribution in [1.29, 1.82) is 0 Å². The highest BCUT2D eigenvalue weighted by Crippen LogP contribution is 2.28. The number of nitrogens with one attached hydrogen (secondary N) is 4. The first-order valence-corrected chi connectivity index (χ1v) is 15.8. The lowest BCUT2D eigenvalue weighted by Crippen LogP contribution is -2.41. The summed E-state index contributed by atoms with van der Waals surface area (Å²) in [7, 11) is 3.27. The van der Waals surface area contributed by atoms with Gasteiger partial charge in [0.25, 0.3) is 11.5 Å². The normalized spacial score (nSPS) is 12.3. The molecule has 0 radical (unpaired) electrons. The number of anilines is 2. The number of nitrogens with two attached hydrogens (primary N) is 1. The van der Waals surface area contributed by atoms with Crippen molar-refractivity contribution in [2.45, 2.75) is 57.4 Å². The van der Waals surface area contributed by atoms with Gasteiger partial charge in [-0.1, -0.05) is 28.5 Å². The van der Waals surface area contributed by atoms with Crippen LogP contribution in [0.25, 0.3) is 11.2 Å². The van der Waals surface area contributed by atoms with Crippen LogP contribution in [0.3, 0.4) is 0 Å². The first-order chi connectivity index (χ1) is 20.5. The van der Waals surface area contributed by atoms with E-state index in [0.717, 1.165) is 6.42 Å². The van der Waals surface area contributed by atoms with Crippen molar-refractivity contribution < 1.29 is 24.3 Å². The summed E-state index contributed by atoms with van der Waals surface area (Å²) < 4.78 is 0. The Labute approximate surface area is 255 Å². The molecule has 7 N–H and O–H groups in total. The van der Waals surface area contributed by atoms with E-state index in [0.29, 0.717) is 35.3 Å². The SMILES string of the molecule is CC(=O)CCC(C)SSCCNC(=O)CC[C@H](NC(=O)c1ccc(NCc2cnc3nc(N)[nH]c(=O)c3n2)cc1)C(=O)O. The standard InChI is InChI=1S/C27H34N8O6S2/c1-15(36)3-4-16(2)43-42-12-11-29-21(37)10-9-20(26(40)41)33-24(38)17-5-7-18(8-6-17)30-13-19-14-31-23-22(32-19)25(39)35-27(28)34-23/h5-8,14,16,20,30H,3-4,9-13H2,1-2H3,(H,29,37)(H,33,38)(H,40,41)(H3,28,31,34,35,39)/t16?,20-/m0/s1. The number of nitrogen functional groups attached to an aromatic ring is 1. The number of ketones is 1. The summed E-state index contributed by atoms with van der Waals surface area (Å²) in [6.07, 6.45) is 2.71. The van der Waals surface area contributed by atoms with Crippen LogP contribution in [0.1, 0.15) is 55.6 Å². The number of carboxylic acids is 1. The van der Waals surface area contributed by atoms with E-state index in [1.54, 1.807) is 40.6 Å². The molecule has 1 aromatic carbocycles. The van der Waals surface area contributed by atoms with Crippen LogP contribution in [0.2, 0.25) is 0 Å². The zero-order chi connectivity index (χ0) is 31.4. The molecule has 2 aromatic heterocycles. The Morgan fingerprint density at radius 1 is 1.09 bits per heavy atom. The number of H-pyrrole nitrogens is 1. The number of amides is 2. The summed E-state index contributed by atoms with van der Waals surface area (Å²) >= 11 is 0. The number of carbonyl (C=O) groups is 4. The number of hydrogen-bond acceptors (Lipinski definition) is 12. The summed E-state index contributed by atoms with van der Waals surface area (Å²) in [4.78, 5) is 74.3. The highest BCUT2D eigenvalue weighted by molar-refractivity contribution is 8.76. The number of carboxylic acid groups (broad SMARTS) is 1. The lowest BCUT2D eigenvalue weighted by molar-refractivity contribution is -0.139. The molecule has 16 heteroatoms. The number of hydrogen-bond donors (Lipinski definition) is 6. The smallest absolute Gasteiger partial charge is 0.326 e. The molecule has 43 heavy (non-hydrogen) atoms. The van der Waals surface area contributed by atoms with Gasteiger partial charge in [-0.2, -0.15) is 4.98 Å². The largest absolute Gasteiger partial charge is 0.480 e. The van der Waals surface area contributed by atoms with Crippen molar-refractivity contribution in [2.24, 2.45) is 0 Å². The quantitative estimate of drug-likeness (QED) is 0.0930. The van der Waals surface area contributed by atoms with Crippen molar-refractivity contribution in [3.05, 3.63) is 52.1 Å². The average molecular weight is 631 g/mol. The van der Waals surface area contributed by atoms with Crippen LogP contribution in [-0.4, -0.2) is 72.2 Å². The molecule has 230 valence electrons. The zero-order valence-corrected chi connectivity index (χ0v) is 25.3. The van der Waals surface area contributed by atoms with Gasteiger partial charge in [0.2, 0.25) is 11.9 Å². The number of aliphatic carboxylic acids is 1. The zero-order valence-electron chi connectivity index (χ0n) is 23.7. The Bertz CT molecular complexity index is 1500. The molecule has 0 aliphatic carbocycles. The average Bonchev–Trinajstić information content (AvgIpc) is 2.97. The van der Waals surface area contributed by atoms with Crippen LogP contribution in [0.15, 0.2) is 35.3 Å². The monoisotopic (exact) mass is 630 g/mol. The molecule has 0 saturated heterocycles. The van der Waals surface area contributed by atoms with Gasteiger partial charge >= 0.3 is 5.97 Å². The number of Topliss-reactive ketones (excluding diaryl/α,β-unsaturated/α-hetero) is 1. The van der Waals surface area contributed by atoms with Crippen LogP contribution >= 0.6 is 21.6 Å². The minimum Gasteiger partial charge on any atom is -0.480 e. The van der Waals surface area contributed by atoms with Crippen LogP contribution in [-0.2, 0) is 20.9 Å². The van der Waals surface area contributed by atoms with E-state index in [1.807, 2.05) is 0 Å². The van der Waals surface area contributed by atoms with E-state index < -0.39 is 23.5 Å². The minimum absolute atomic E-state index is 0.0493. The fourth-order valence-corrected chi connectivity index (χ4v) is 5.95. The van der Waals surface area contributed by atoms with Crippen molar-refractivity contribution in [1.82, 2.24) is 30.6 Å². The number of benzene rings is 1. The second-order valence-electron chi connectivity index (χ2n) is 9.64. The topological polar surface area (TPSA) is 222 Å². The third kappa shape index (κ3) is 11.2. The predicted octanol–water partition coefficient (Wildman–Crippen LogP) is 2.13. The van der Waals surface area contributed by atoms with Gasteiger partial charge in [0, 0.05) is 41.6 Å². The van der Waals surface area contributed by atoms with Crippen LogP contribution in [0, 0.1) is 0 Å². The fraction of sp³-hybridized carbons (Fsp3) is 0.407. The predicted molar refractivity (Wildman–Crippen MR) is 167 cm³/mol. The van der Waals surface area contributed by atoms with Crippen LogP contribution in [0.4, 0.5) is 11.6 Å². The second kappa shape index (κ2) is 16.5. The van der Waals surface area contributed by atoms with Gasteiger partial charge in [-0.3, -0.25) is 19.4 Å². The number of carbonyl (C=O) groups excluding carboxylic acids is 3. The number of fused-ring (bicyclic) bond motifs is 1. The molecule has 2 atom stereocenters. The highest BCUT2D eigenvalue weighted by atomic mass is 33.1. The Kier molecular flexibility index (Phi) is 12.8. The molecule has 0 aliphatic rings. The van der Waals surface area contributed by atoms with Gasteiger partial charge in [-0.25, -0.2) is 14.8 Å². The molecule has 2 amide bonds. The third-order valence-corrected chi connectivity index (χ3v) is 8.98. The molecule has 3 aromatic rings.